The normalized spacial score (nSPS) is 12.7. The average Bonchev–Trinajstić information content (AvgIpc) is 2.69. The van der Waals surface area contributed by atoms with Crippen LogP contribution in [0.5, 0.6) is 0 Å². The number of rotatable bonds is 2. The topological polar surface area (TPSA) is 72.6 Å². The van der Waals surface area contributed by atoms with E-state index in [0.717, 1.165) is 0 Å². The van der Waals surface area contributed by atoms with Crippen LogP contribution in [0.4, 0.5) is 0 Å². The van der Waals surface area contributed by atoms with E-state index in [1.807, 2.05) is 0 Å². The summed E-state index contributed by atoms with van der Waals surface area (Å²) >= 11 is 0. The molecule has 0 aliphatic heterocycles. The molecule has 0 saturated carbocycles. The fourth-order valence-electron chi connectivity index (χ4n) is 1.64. The van der Waals surface area contributed by atoms with Crippen LogP contribution < -0.4 is 0 Å². The Balaban J connectivity index is 2.59. The predicted molar refractivity (Wildman–Crippen MR) is 55.7 cm³/mol. The van der Waals surface area contributed by atoms with Gasteiger partial charge in [-0.05, 0) is 13.0 Å². The van der Waals surface area contributed by atoms with Crippen molar-refractivity contribution < 1.29 is 19.2 Å². The van der Waals surface area contributed by atoms with Crippen LogP contribution in [-0.2, 0) is 9.53 Å². The molecule has 0 saturated heterocycles. The fourth-order valence-corrected chi connectivity index (χ4v) is 1.64. The van der Waals surface area contributed by atoms with Gasteiger partial charge in [0.15, 0.2) is 11.7 Å². The second-order valence-corrected chi connectivity index (χ2v) is 3.41. The summed E-state index contributed by atoms with van der Waals surface area (Å²) < 4.78 is 9.53. The van der Waals surface area contributed by atoms with Crippen LogP contribution in [0.2, 0.25) is 0 Å². The molecule has 2 rings (SSSR count). The number of aryl methyl sites for hydroxylation is 1. The largest absolute Gasteiger partial charge is 0.467 e. The van der Waals surface area contributed by atoms with E-state index >= 15 is 0 Å². The number of aliphatic hydroxyl groups is 1. The van der Waals surface area contributed by atoms with Gasteiger partial charge in [-0.2, -0.15) is 0 Å². The number of nitrogens with zero attached hydrogens (tertiary/aromatic N) is 1. The van der Waals surface area contributed by atoms with Gasteiger partial charge in [0.05, 0.1) is 18.2 Å². The van der Waals surface area contributed by atoms with Gasteiger partial charge in [-0.1, -0.05) is 17.3 Å². The molecule has 5 nitrogen and oxygen atoms in total. The third-order valence-electron chi connectivity index (χ3n) is 2.42. The van der Waals surface area contributed by atoms with E-state index in [9.17, 15) is 9.90 Å². The first-order valence-electron chi connectivity index (χ1n) is 4.76. The second-order valence-electron chi connectivity index (χ2n) is 3.41. The molecule has 1 N–H and O–H groups in total. The van der Waals surface area contributed by atoms with Crippen molar-refractivity contribution in [3.8, 4) is 0 Å². The van der Waals surface area contributed by atoms with Gasteiger partial charge >= 0.3 is 5.97 Å². The van der Waals surface area contributed by atoms with Crippen molar-refractivity contribution in [2.45, 2.75) is 13.0 Å². The first kappa shape index (κ1) is 10.6. The summed E-state index contributed by atoms with van der Waals surface area (Å²) in [6, 6.07) is 5.06. The molecule has 84 valence electrons. The molecule has 0 aliphatic carbocycles. The van der Waals surface area contributed by atoms with Crippen LogP contribution in [0.25, 0.3) is 11.0 Å². The molecule has 0 bridgehead atoms. The Labute approximate surface area is 91.6 Å². The van der Waals surface area contributed by atoms with Crippen LogP contribution in [0.15, 0.2) is 22.7 Å². The first-order valence-corrected chi connectivity index (χ1v) is 4.76. The maximum absolute atomic E-state index is 11.3. The van der Waals surface area contributed by atoms with Gasteiger partial charge in [-0.3, -0.25) is 0 Å². The van der Waals surface area contributed by atoms with Gasteiger partial charge in [0.2, 0.25) is 0 Å². The van der Waals surface area contributed by atoms with Crippen molar-refractivity contribution >= 4 is 16.9 Å². The number of fused-ring (bicyclic) bond motifs is 1. The summed E-state index contributed by atoms with van der Waals surface area (Å²) in [4.78, 5) is 11.3. The van der Waals surface area contributed by atoms with E-state index in [4.69, 9.17) is 4.52 Å². The lowest BCUT2D eigenvalue weighted by atomic mass is 10.0. The van der Waals surface area contributed by atoms with Crippen molar-refractivity contribution in [1.82, 2.24) is 5.16 Å². The number of aromatic nitrogens is 1. The zero-order chi connectivity index (χ0) is 11.7. The Bertz CT molecular complexity index is 532. The van der Waals surface area contributed by atoms with E-state index in [0.29, 0.717) is 22.2 Å². The summed E-state index contributed by atoms with van der Waals surface area (Å²) in [5.74, 6) is -0.701. The monoisotopic (exact) mass is 221 g/mol. The van der Waals surface area contributed by atoms with Crippen LogP contribution >= 0.6 is 0 Å². The highest BCUT2D eigenvalue weighted by atomic mass is 16.5. The number of hydrogen-bond donors (Lipinski definition) is 1. The summed E-state index contributed by atoms with van der Waals surface area (Å²) in [7, 11) is 1.23. The van der Waals surface area contributed by atoms with Crippen molar-refractivity contribution in [1.29, 1.82) is 0 Å². The SMILES string of the molecule is COC(=O)C(O)c1cccc2onc(C)c12. The minimum Gasteiger partial charge on any atom is -0.467 e. The lowest BCUT2D eigenvalue weighted by molar-refractivity contribution is -0.150. The van der Waals surface area contributed by atoms with Gasteiger partial charge in [-0.15, -0.1) is 0 Å². The molecule has 1 aromatic carbocycles. The second kappa shape index (κ2) is 3.94. The van der Waals surface area contributed by atoms with E-state index in [-0.39, 0.29) is 0 Å². The molecule has 5 heteroatoms. The number of esters is 1. The van der Waals surface area contributed by atoms with Crippen LogP contribution in [-0.4, -0.2) is 23.3 Å². The number of benzene rings is 1. The molecule has 1 atom stereocenters. The van der Waals surface area contributed by atoms with Crippen molar-refractivity contribution in [2.75, 3.05) is 7.11 Å². The molecule has 0 aliphatic rings. The zero-order valence-corrected chi connectivity index (χ0v) is 8.93. The molecule has 0 amide bonds. The summed E-state index contributed by atoms with van der Waals surface area (Å²) in [6.45, 7) is 1.75. The number of ether oxygens (including phenoxy) is 1. The van der Waals surface area contributed by atoms with E-state index in [1.165, 1.54) is 7.11 Å². The van der Waals surface area contributed by atoms with Crippen LogP contribution in [0.3, 0.4) is 0 Å². The molecule has 0 spiro atoms. The predicted octanol–water partition coefficient (Wildman–Crippen LogP) is 1.34. The summed E-state index contributed by atoms with van der Waals surface area (Å²) in [5.41, 5.74) is 1.62. The fraction of sp³-hybridized carbons (Fsp3) is 0.273. The lowest BCUT2D eigenvalue weighted by Crippen LogP contribution is -2.13. The Kier molecular flexibility index (Phi) is 2.62. The Morgan fingerprint density at radius 3 is 3.00 bits per heavy atom. The van der Waals surface area contributed by atoms with Crippen molar-refractivity contribution in [2.24, 2.45) is 0 Å². The number of hydrogen-bond acceptors (Lipinski definition) is 5. The van der Waals surface area contributed by atoms with Gasteiger partial charge in [-0.25, -0.2) is 4.79 Å². The molecule has 16 heavy (non-hydrogen) atoms. The van der Waals surface area contributed by atoms with Crippen LogP contribution in [0, 0.1) is 6.92 Å². The highest BCUT2D eigenvalue weighted by Gasteiger charge is 2.22. The van der Waals surface area contributed by atoms with Gasteiger partial charge in [0, 0.05) is 5.56 Å². The van der Waals surface area contributed by atoms with Crippen molar-refractivity contribution in [3.05, 3.63) is 29.5 Å². The third-order valence-corrected chi connectivity index (χ3v) is 2.42. The maximum atomic E-state index is 11.3. The molecule has 2 aromatic rings. The number of methoxy groups -OCH3 is 1. The van der Waals surface area contributed by atoms with E-state index in [1.54, 1.807) is 25.1 Å². The Hall–Kier alpha value is -1.88. The minimum absolute atomic E-state index is 0.447. The number of aliphatic hydroxyl groups excluding tert-OH is 1. The highest BCUT2D eigenvalue weighted by molar-refractivity contribution is 5.88. The van der Waals surface area contributed by atoms with E-state index in [2.05, 4.69) is 9.89 Å². The molecule has 1 unspecified atom stereocenters. The lowest BCUT2D eigenvalue weighted by Gasteiger charge is -2.09. The van der Waals surface area contributed by atoms with E-state index < -0.39 is 12.1 Å². The molecule has 1 aromatic heterocycles. The smallest absolute Gasteiger partial charge is 0.339 e. The highest BCUT2D eigenvalue weighted by Crippen LogP contribution is 2.27. The van der Waals surface area contributed by atoms with Gasteiger partial charge in [0.1, 0.15) is 0 Å². The molecule has 1 heterocycles. The first-order chi connectivity index (χ1) is 7.65. The number of carbonyl (C=O) groups is 1. The molecule has 0 fully saturated rings. The van der Waals surface area contributed by atoms with Gasteiger partial charge < -0.3 is 14.4 Å². The molecular weight excluding hydrogens is 210 g/mol. The maximum Gasteiger partial charge on any atom is 0.339 e. The summed E-state index contributed by atoms with van der Waals surface area (Å²) in [5, 5.41) is 14.2. The third kappa shape index (κ3) is 1.55. The average molecular weight is 221 g/mol. The van der Waals surface area contributed by atoms with Crippen molar-refractivity contribution in [3.63, 3.8) is 0 Å². The Morgan fingerprint density at radius 2 is 2.31 bits per heavy atom. The number of carbonyl (C=O) groups excluding carboxylic acids is 1. The Morgan fingerprint density at radius 1 is 1.56 bits per heavy atom. The minimum atomic E-state index is -1.31. The standard InChI is InChI=1S/C11H11NO4/c1-6-9-7(10(13)11(14)15-2)4-3-5-8(9)16-12-6/h3-5,10,13H,1-2H3. The molecular formula is C11H11NO4. The quantitative estimate of drug-likeness (QED) is 0.775. The zero-order valence-electron chi connectivity index (χ0n) is 8.93. The van der Waals surface area contributed by atoms with Crippen LogP contribution in [0.1, 0.15) is 17.4 Å². The molecule has 0 radical (unpaired) electrons. The van der Waals surface area contributed by atoms with Gasteiger partial charge in [0.25, 0.3) is 0 Å². The summed E-state index contributed by atoms with van der Waals surface area (Å²) in [6.07, 6.45) is -1.31.